The van der Waals surface area contributed by atoms with E-state index in [1.165, 1.54) is 18.3 Å². The number of benzene rings is 1. The highest BCUT2D eigenvalue weighted by Crippen LogP contribution is 2.15. The van der Waals surface area contributed by atoms with Crippen molar-refractivity contribution in [3.05, 3.63) is 48.4 Å². The zero-order valence-electron chi connectivity index (χ0n) is 8.34. The van der Waals surface area contributed by atoms with Gasteiger partial charge in [0, 0.05) is 17.2 Å². The van der Waals surface area contributed by atoms with E-state index in [1.54, 1.807) is 24.3 Å². The molecule has 2 N–H and O–H groups in total. The van der Waals surface area contributed by atoms with Gasteiger partial charge in [0.25, 0.3) is 0 Å². The van der Waals surface area contributed by atoms with Crippen LogP contribution < -0.4 is 5.46 Å². The maximum Gasteiger partial charge on any atom is 0.490 e. The summed E-state index contributed by atoms with van der Waals surface area (Å²) in [5.74, 6) is -0.300. The normalized spacial score (nSPS) is 10.2. The number of halogens is 1. The first-order valence-electron chi connectivity index (χ1n) is 4.75. The maximum atomic E-state index is 12.7. The van der Waals surface area contributed by atoms with Crippen molar-refractivity contribution in [2.75, 3.05) is 0 Å². The zero-order valence-corrected chi connectivity index (χ0v) is 8.34. The molecule has 2 aromatic rings. The second-order valence-corrected chi connectivity index (χ2v) is 3.36. The van der Waals surface area contributed by atoms with E-state index in [0.717, 1.165) is 5.56 Å². The Morgan fingerprint density at radius 2 is 1.69 bits per heavy atom. The molecule has 16 heavy (non-hydrogen) atoms. The molecule has 3 nitrogen and oxygen atoms in total. The largest absolute Gasteiger partial charge is 0.490 e. The minimum absolute atomic E-state index is 0.300. The van der Waals surface area contributed by atoms with E-state index < -0.39 is 7.12 Å². The van der Waals surface area contributed by atoms with Crippen molar-refractivity contribution in [3.63, 3.8) is 0 Å². The number of rotatable bonds is 2. The molecule has 0 amide bonds. The van der Waals surface area contributed by atoms with Gasteiger partial charge in [-0.2, -0.15) is 0 Å². The van der Waals surface area contributed by atoms with Crippen molar-refractivity contribution in [1.82, 2.24) is 4.98 Å². The predicted molar refractivity (Wildman–Crippen MR) is 59.5 cm³/mol. The molecule has 5 heteroatoms. The molecule has 2 rings (SSSR count). The molecule has 1 aromatic carbocycles. The van der Waals surface area contributed by atoms with Crippen LogP contribution >= 0.6 is 0 Å². The number of nitrogens with zero attached hydrogens (tertiary/aromatic N) is 1. The monoisotopic (exact) mass is 217 g/mol. The quantitative estimate of drug-likeness (QED) is 0.723. The van der Waals surface area contributed by atoms with E-state index in [9.17, 15) is 4.39 Å². The Hall–Kier alpha value is -1.72. The molecule has 0 bridgehead atoms. The van der Waals surface area contributed by atoms with Crippen molar-refractivity contribution >= 4 is 12.6 Å². The number of hydrogen-bond acceptors (Lipinski definition) is 3. The van der Waals surface area contributed by atoms with Crippen LogP contribution in [0.5, 0.6) is 0 Å². The molecule has 0 saturated carbocycles. The standard InChI is InChI=1S/C11H9BFNO2/c13-10-4-1-8(2-5-10)11-6-3-9(7-14-11)12(15)16/h1-7,15-16H. The third-order valence-electron chi connectivity index (χ3n) is 2.22. The third-order valence-corrected chi connectivity index (χ3v) is 2.22. The lowest BCUT2D eigenvalue weighted by atomic mass is 9.81. The highest BCUT2D eigenvalue weighted by Gasteiger charge is 2.10. The molecule has 0 radical (unpaired) electrons. The average molecular weight is 217 g/mol. The zero-order chi connectivity index (χ0) is 11.5. The molecule has 0 atom stereocenters. The SMILES string of the molecule is OB(O)c1ccc(-c2ccc(F)cc2)nc1. The minimum Gasteiger partial charge on any atom is -0.423 e. The van der Waals surface area contributed by atoms with Gasteiger partial charge in [-0.3, -0.25) is 4.98 Å². The van der Waals surface area contributed by atoms with E-state index >= 15 is 0 Å². The molecule has 0 aliphatic rings. The summed E-state index contributed by atoms with van der Waals surface area (Å²) < 4.78 is 12.7. The van der Waals surface area contributed by atoms with Crippen LogP contribution in [0.3, 0.4) is 0 Å². The van der Waals surface area contributed by atoms with E-state index in [2.05, 4.69) is 4.98 Å². The molecule has 0 aliphatic heterocycles. The molecule has 0 saturated heterocycles. The van der Waals surface area contributed by atoms with Crippen LogP contribution in [0.1, 0.15) is 0 Å². The number of aromatic nitrogens is 1. The summed E-state index contributed by atoms with van der Waals surface area (Å²) in [4.78, 5) is 4.06. The fourth-order valence-electron chi connectivity index (χ4n) is 1.35. The highest BCUT2D eigenvalue weighted by molar-refractivity contribution is 6.58. The summed E-state index contributed by atoms with van der Waals surface area (Å²) in [6.07, 6.45) is 1.38. The summed E-state index contributed by atoms with van der Waals surface area (Å²) >= 11 is 0. The summed E-state index contributed by atoms with van der Waals surface area (Å²) in [6.45, 7) is 0. The van der Waals surface area contributed by atoms with Gasteiger partial charge in [0.1, 0.15) is 5.82 Å². The number of pyridine rings is 1. The average Bonchev–Trinajstić information content (AvgIpc) is 2.30. The minimum atomic E-state index is -1.52. The Morgan fingerprint density at radius 3 is 2.19 bits per heavy atom. The van der Waals surface area contributed by atoms with E-state index in [4.69, 9.17) is 10.0 Å². The van der Waals surface area contributed by atoms with Gasteiger partial charge in [-0.05, 0) is 30.3 Å². The fourth-order valence-corrected chi connectivity index (χ4v) is 1.35. The summed E-state index contributed by atoms with van der Waals surface area (Å²) in [6, 6.07) is 9.16. The smallest absolute Gasteiger partial charge is 0.423 e. The number of hydrogen-bond donors (Lipinski definition) is 2. The Morgan fingerprint density at radius 1 is 1.00 bits per heavy atom. The Labute approximate surface area is 92.4 Å². The van der Waals surface area contributed by atoms with Crippen LogP contribution in [0.2, 0.25) is 0 Å². The van der Waals surface area contributed by atoms with E-state index in [1.807, 2.05) is 0 Å². The molecule has 1 aromatic heterocycles. The van der Waals surface area contributed by atoms with Gasteiger partial charge >= 0.3 is 7.12 Å². The molecule has 0 spiro atoms. The lowest BCUT2D eigenvalue weighted by Crippen LogP contribution is -2.29. The predicted octanol–water partition coefficient (Wildman–Crippen LogP) is 0.567. The first-order valence-corrected chi connectivity index (χ1v) is 4.75. The molecular formula is C11H9BFNO2. The van der Waals surface area contributed by atoms with Crippen LogP contribution in [-0.4, -0.2) is 22.2 Å². The molecular weight excluding hydrogens is 208 g/mol. The summed E-state index contributed by atoms with van der Waals surface area (Å²) in [5, 5.41) is 17.8. The lowest BCUT2D eigenvalue weighted by Gasteiger charge is -2.02. The maximum absolute atomic E-state index is 12.7. The van der Waals surface area contributed by atoms with Crippen LogP contribution in [0, 0.1) is 5.82 Å². The molecule has 1 heterocycles. The Bertz CT molecular complexity index is 470. The van der Waals surface area contributed by atoms with Gasteiger partial charge in [-0.15, -0.1) is 0 Å². The van der Waals surface area contributed by atoms with Gasteiger partial charge in [0.05, 0.1) is 5.69 Å². The first-order chi connectivity index (χ1) is 7.66. The van der Waals surface area contributed by atoms with Gasteiger partial charge in [0.2, 0.25) is 0 Å². The molecule has 0 fully saturated rings. The van der Waals surface area contributed by atoms with Crippen molar-refractivity contribution in [3.8, 4) is 11.3 Å². The van der Waals surface area contributed by atoms with Gasteiger partial charge in [-0.1, -0.05) is 6.07 Å². The van der Waals surface area contributed by atoms with Gasteiger partial charge < -0.3 is 10.0 Å². The van der Waals surface area contributed by atoms with Crippen molar-refractivity contribution in [1.29, 1.82) is 0 Å². The third kappa shape index (κ3) is 2.26. The second kappa shape index (κ2) is 4.43. The fraction of sp³-hybridized carbons (Fsp3) is 0. The molecule has 80 valence electrons. The summed E-state index contributed by atoms with van der Waals surface area (Å²) in [7, 11) is -1.52. The van der Waals surface area contributed by atoms with Crippen LogP contribution in [0.4, 0.5) is 4.39 Å². The Balaban J connectivity index is 2.31. The van der Waals surface area contributed by atoms with E-state index in [-0.39, 0.29) is 5.82 Å². The van der Waals surface area contributed by atoms with Crippen molar-refractivity contribution < 1.29 is 14.4 Å². The molecule has 0 aliphatic carbocycles. The van der Waals surface area contributed by atoms with Gasteiger partial charge in [-0.25, -0.2) is 4.39 Å². The van der Waals surface area contributed by atoms with Crippen molar-refractivity contribution in [2.45, 2.75) is 0 Å². The lowest BCUT2D eigenvalue weighted by molar-refractivity contribution is 0.425. The van der Waals surface area contributed by atoms with Gasteiger partial charge in [0.15, 0.2) is 0 Å². The van der Waals surface area contributed by atoms with Crippen molar-refractivity contribution in [2.24, 2.45) is 0 Å². The Kier molecular flexibility index (Phi) is 2.98. The van der Waals surface area contributed by atoms with Crippen LogP contribution in [0.15, 0.2) is 42.6 Å². The van der Waals surface area contributed by atoms with Crippen LogP contribution in [0.25, 0.3) is 11.3 Å². The van der Waals surface area contributed by atoms with E-state index in [0.29, 0.717) is 11.2 Å². The summed E-state index contributed by atoms with van der Waals surface area (Å²) in [5.41, 5.74) is 1.76. The molecule has 0 unspecified atom stereocenters. The second-order valence-electron chi connectivity index (χ2n) is 3.36. The topological polar surface area (TPSA) is 53.4 Å². The van der Waals surface area contributed by atoms with Crippen LogP contribution in [-0.2, 0) is 0 Å². The first kappa shape index (κ1) is 10.8. The highest BCUT2D eigenvalue weighted by atomic mass is 19.1.